The van der Waals surface area contributed by atoms with E-state index < -0.39 is 18.2 Å². The molecule has 0 radical (unpaired) electrons. The number of allylic oxidation sites excluding steroid dienone is 1. The Morgan fingerprint density at radius 2 is 2.53 bits per heavy atom. The number of amides is 1. The molecular formula is C14H14ClNO. The molecule has 1 aromatic carbocycles. The maximum atomic E-state index is 11.7. The number of rotatable bonds is 1. The van der Waals surface area contributed by atoms with Crippen molar-refractivity contribution in [1.29, 1.82) is 0 Å². The third-order valence-corrected chi connectivity index (χ3v) is 3.47. The van der Waals surface area contributed by atoms with Crippen molar-refractivity contribution < 1.29 is 10.3 Å². The van der Waals surface area contributed by atoms with E-state index in [1.54, 1.807) is 6.07 Å². The molecule has 2 nitrogen and oxygen atoms in total. The van der Waals surface area contributed by atoms with Crippen molar-refractivity contribution in [1.82, 2.24) is 0 Å². The van der Waals surface area contributed by atoms with Gasteiger partial charge in [-0.15, -0.1) is 0 Å². The predicted molar refractivity (Wildman–Crippen MR) is 68.6 cm³/mol. The maximum absolute atomic E-state index is 11.7. The van der Waals surface area contributed by atoms with Crippen molar-refractivity contribution in [3.8, 4) is 0 Å². The lowest BCUT2D eigenvalue weighted by Gasteiger charge is -2.22. The van der Waals surface area contributed by atoms with Crippen LogP contribution in [0.4, 0.5) is 0 Å². The Morgan fingerprint density at radius 1 is 1.71 bits per heavy atom. The Morgan fingerprint density at radius 3 is 3.29 bits per heavy atom. The van der Waals surface area contributed by atoms with Gasteiger partial charge in [-0.1, -0.05) is 17.6 Å². The highest BCUT2D eigenvalue weighted by Crippen LogP contribution is 2.44. The highest BCUT2D eigenvalue weighted by Gasteiger charge is 2.32. The van der Waals surface area contributed by atoms with Crippen LogP contribution in [0.15, 0.2) is 23.7 Å². The molecule has 1 aromatic rings. The Labute approximate surface area is 111 Å². The SMILES string of the molecule is [2H]c1cc(Cl)cc2c1CC1=C2C([2H])([2H])CCC1([2H])C(N)=O. The number of carbonyl (C=O) groups excluding carboxylic acids is 1. The summed E-state index contributed by atoms with van der Waals surface area (Å²) in [6, 6.07) is 3.31. The van der Waals surface area contributed by atoms with Crippen molar-refractivity contribution in [2.45, 2.75) is 25.6 Å². The molecule has 0 saturated heterocycles. The lowest BCUT2D eigenvalue weighted by molar-refractivity contribution is -0.121. The first kappa shape index (κ1) is 7.22. The molecule has 0 saturated carbocycles. The fraction of sp³-hybridized carbons (Fsp3) is 0.357. The van der Waals surface area contributed by atoms with Gasteiger partial charge in [-0.2, -0.15) is 0 Å². The molecule has 3 heteroatoms. The molecule has 2 aliphatic rings. The minimum absolute atomic E-state index is 0.0531. The van der Waals surface area contributed by atoms with Crippen LogP contribution in [0, 0.1) is 5.89 Å². The van der Waals surface area contributed by atoms with Crippen molar-refractivity contribution in [3.05, 3.63) is 39.9 Å². The van der Waals surface area contributed by atoms with Crippen LogP contribution >= 0.6 is 11.6 Å². The molecule has 3 rings (SSSR count). The van der Waals surface area contributed by atoms with E-state index in [0.717, 1.165) is 0 Å². The van der Waals surface area contributed by atoms with Crippen LogP contribution in [-0.2, 0) is 11.2 Å². The molecule has 0 spiro atoms. The Hall–Kier alpha value is -1.28. The van der Waals surface area contributed by atoms with Gasteiger partial charge in [-0.25, -0.2) is 0 Å². The molecule has 0 aliphatic heterocycles. The number of halogens is 1. The Balaban J connectivity index is 2.29. The van der Waals surface area contributed by atoms with Crippen LogP contribution in [-0.4, -0.2) is 5.91 Å². The zero-order valence-corrected chi connectivity index (χ0v) is 9.90. The van der Waals surface area contributed by atoms with Crippen LogP contribution in [0.3, 0.4) is 0 Å². The second-order valence-electron chi connectivity index (χ2n) is 4.26. The molecule has 0 aromatic heterocycles. The normalized spacial score (nSPS) is 33.0. The highest BCUT2D eigenvalue weighted by molar-refractivity contribution is 6.30. The van der Waals surface area contributed by atoms with Gasteiger partial charge in [0.2, 0.25) is 5.91 Å². The quantitative estimate of drug-likeness (QED) is 0.819. The molecule has 1 amide bonds. The van der Waals surface area contributed by atoms with Crippen molar-refractivity contribution in [2.75, 3.05) is 0 Å². The molecular weight excluding hydrogens is 234 g/mol. The van der Waals surface area contributed by atoms with Gasteiger partial charge in [-0.05, 0) is 60.0 Å². The third-order valence-electron chi connectivity index (χ3n) is 3.25. The molecule has 0 heterocycles. The van der Waals surface area contributed by atoms with E-state index in [9.17, 15) is 4.79 Å². The summed E-state index contributed by atoms with van der Waals surface area (Å²) in [6.45, 7) is 0. The monoisotopic (exact) mass is 251 g/mol. The summed E-state index contributed by atoms with van der Waals surface area (Å²) in [5, 5.41) is 0.350. The van der Waals surface area contributed by atoms with Gasteiger partial charge in [0.25, 0.3) is 0 Å². The first-order valence-corrected chi connectivity index (χ1v) is 5.88. The summed E-state index contributed by atoms with van der Waals surface area (Å²) in [5.41, 5.74) is 7.27. The average Bonchev–Trinajstić information content (AvgIpc) is 2.76. The first-order chi connectivity index (χ1) is 9.67. The minimum atomic E-state index is -1.64. The van der Waals surface area contributed by atoms with Crippen LogP contribution in [0.25, 0.3) is 5.57 Å². The minimum Gasteiger partial charge on any atom is -0.369 e. The maximum Gasteiger partial charge on any atom is 0.224 e. The van der Waals surface area contributed by atoms with E-state index in [1.165, 1.54) is 6.07 Å². The van der Waals surface area contributed by atoms with Gasteiger partial charge >= 0.3 is 0 Å². The smallest absolute Gasteiger partial charge is 0.224 e. The number of nitrogens with two attached hydrogens (primary N) is 1. The molecule has 0 fully saturated rings. The summed E-state index contributed by atoms with van der Waals surface area (Å²) in [7, 11) is 0. The van der Waals surface area contributed by atoms with Gasteiger partial charge in [0, 0.05) is 9.13 Å². The second-order valence-corrected chi connectivity index (χ2v) is 4.70. The number of fused-ring (bicyclic) bond motifs is 2. The summed E-state index contributed by atoms with van der Waals surface area (Å²) < 4.78 is 32.8. The van der Waals surface area contributed by atoms with Gasteiger partial charge in [0.1, 0.15) is 0 Å². The largest absolute Gasteiger partial charge is 0.369 e. The lowest BCUT2D eigenvalue weighted by Crippen LogP contribution is -2.27. The molecule has 17 heavy (non-hydrogen) atoms. The van der Waals surface area contributed by atoms with E-state index in [1.807, 2.05) is 0 Å². The zero-order chi connectivity index (χ0) is 15.6. The number of primary amides is 1. The molecule has 88 valence electrons. The van der Waals surface area contributed by atoms with E-state index in [4.69, 9.17) is 22.8 Å². The molecule has 1 atom stereocenters. The summed E-state index contributed by atoms with van der Waals surface area (Å²) in [5.74, 6) is -2.37. The average molecular weight is 252 g/mol. The topological polar surface area (TPSA) is 43.1 Å². The zero-order valence-electron chi connectivity index (χ0n) is 13.1. The van der Waals surface area contributed by atoms with E-state index in [-0.39, 0.29) is 25.3 Å². The number of carbonyl (C=O) groups is 1. The summed E-state index contributed by atoms with van der Waals surface area (Å²) in [4.78, 5) is 11.7. The first-order valence-electron chi connectivity index (χ1n) is 7.50. The van der Waals surface area contributed by atoms with Crippen molar-refractivity contribution in [2.24, 2.45) is 11.6 Å². The standard InChI is InChI=1S/C14H14ClNO/c15-9-5-4-8-6-13-10(12(8)7-9)2-1-3-11(13)14(16)17/h4-5,7,11H,1-3,6H2,(H2,16,17)/i2D2,4D,11D. The lowest BCUT2D eigenvalue weighted by atomic mass is 9.82. The fourth-order valence-electron chi connectivity index (χ4n) is 2.49. The third kappa shape index (κ3) is 1.67. The summed E-state index contributed by atoms with van der Waals surface area (Å²) in [6.07, 6.45) is -1.31. The molecule has 2 N–H and O–H groups in total. The predicted octanol–water partition coefficient (Wildman–Crippen LogP) is 2.94. The van der Waals surface area contributed by atoms with Crippen LogP contribution in [0.2, 0.25) is 5.02 Å². The van der Waals surface area contributed by atoms with E-state index >= 15 is 0 Å². The van der Waals surface area contributed by atoms with Crippen molar-refractivity contribution >= 4 is 23.1 Å². The Bertz CT molecular complexity index is 700. The molecule has 0 bridgehead atoms. The van der Waals surface area contributed by atoms with E-state index in [2.05, 4.69) is 0 Å². The van der Waals surface area contributed by atoms with Crippen molar-refractivity contribution in [3.63, 3.8) is 0 Å². The van der Waals surface area contributed by atoms with E-state index in [0.29, 0.717) is 27.3 Å². The van der Waals surface area contributed by atoms with Crippen LogP contribution in [0.5, 0.6) is 0 Å². The number of benzene rings is 1. The molecule has 1 unspecified atom stereocenters. The van der Waals surface area contributed by atoms with Crippen LogP contribution < -0.4 is 5.73 Å². The van der Waals surface area contributed by atoms with Gasteiger partial charge < -0.3 is 5.73 Å². The van der Waals surface area contributed by atoms with Gasteiger partial charge in [0.15, 0.2) is 0 Å². The number of hydrogen-bond donors (Lipinski definition) is 1. The van der Waals surface area contributed by atoms with Crippen LogP contribution in [0.1, 0.15) is 35.8 Å². The molecule has 2 aliphatic carbocycles. The Kier molecular flexibility index (Phi) is 1.65. The van der Waals surface area contributed by atoms with Gasteiger partial charge in [-0.3, -0.25) is 4.79 Å². The fourth-order valence-corrected chi connectivity index (χ4v) is 2.66. The number of hydrogen-bond acceptors (Lipinski definition) is 1. The van der Waals surface area contributed by atoms with Gasteiger partial charge in [0.05, 0.1) is 7.26 Å². The highest BCUT2D eigenvalue weighted by atomic mass is 35.5. The second kappa shape index (κ2) is 3.88. The summed E-state index contributed by atoms with van der Waals surface area (Å²) >= 11 is 5.98.